The highest BCUT2D eigenvalue weighted by Crippen LogP contribution is 2.19. The Morgan fingerprint density at radius 1 is 0.946 bits per heavy atom. The highest BCUT2D eigenvalue weighted by atomic mass is 16.5. The zero-order valence-corrected chi connectivity index (χ0v) is 21.5. The summed E-state index contributed by atoms with van der Waals surface area (Å²) in [5.41, 5.74) is 3.05. The first kappa shape index (κ1) is 26.4. The first-order valence-corrected chi connectivity index (χ1v) is 13.0. The van der Waals surface area contributed by atoms with Gasteiger partial charge in [-0.15, -0.1) is 0 Å². The second kappa shape index (κ2) is 13.6. The van der Waals surface area contributed by atoms with Gasteiger partial charge in [-0.25, -0.2) is 0 Å². The van der Waals surface area contributed by atoms with Crippen molar-refractivity contribution < 1.29 is 19.1 Å². The fourth-order valence-electron chi connectivity index (χ4n) is 4.66. The van der Waals surface area contributed by atoms with Crippen LogP contribution in [-0.4, -0.2) is 49.1 Å². The lowest BCUT2D eigenvalue weighted by molar-refractivity contribution is -0.141. The highest BCUT2D eigenvalue weighted by molar-refractivity contribution is 5.88. The van der Waals surface area contributed by atoms with Gasteiger partial charge in [-0.2, -0.15) is 0 Å². The van der Waals surface area contributed by atoms with Gasteiger partial charge >= 0.3 is 0 Å². The Balaban J connectivity index is 1.58. The number of benzene rings is 3. The van der Waals surface area contributed by atoms with Crippen molar-refractivity contribution in [2.24, 2.45) is 0 Å². The minimum Gasteiger partial charge on any atom is -0.497 e. The molecule has 194 valence electrons. The topological polar surface area (TPSA) is 67.9 Å². The van der Waals surface area contributed by atoms with Crippen molar-refractivity contribution in [2.45, 2.75) is 50.8 Å². The highest BCUT2D eigenvalue weighted by Gasteiger charge is 2.31. The predicted octanol–water partition coefficient (Wildman–Crippen LogP) is 4.56. The van der Waals surface area contributed by atoms with E-state index in [1.807, 2.05) is 84.9 Å². The Hall–Kier alpha value is -3.64. The van der Waals surface area contributed by atoms with Crippen molar-refractivity contribution in [1.29, 1.82) is 0 Å². The number of carbonyl (C=O) groups is 2. The lowest BCUT2D eigenvalue weighted by atomic mass is 10.0. The van der Waals surface area contributed by atoms with Crippen LogP contribution in [0.15, 0.2) is 84.9 Å². The van der Waals surface area contributed by atoms with Gasteiger partial charge in [-0.05, 0) is 48.1 Å². The molecule has 1 aliphatic heterocycles. The molecule has 1 heterocycles. The number of aryl methyl sites for hydroxylation is 1. The summed E-state index contributed by atoms with van der Waals surface area (Å²) in [5.74, 6) is 0.551. The summed E-state index contributed by atoms with van der Waals surface area (Å²) >= 11 is 0. The number of hydrogen-bond donors (Lipinski definition) is 1. The predicted molar refractivity (Wildman–Crippen MR) is 144 cm³/mol. The van der Waals surface area contributed by atoms with Gasteiger partial charge in [-0.1, -0.05) is 72.8 Å². The van der Waals surface area contributed by atoms with E-state index in [4.69, 9.17) is 9.47 Å². The van der Waals surface area contributed by atoms with Crippen LogP contribution in [0.5, 0.6) is 5.75 Å². The van der Waals surface area contributed by atoms with Crippen molar-refractivity contribution in [1.82, 2.24) is 10.2 Å². The summed E-state index contributed by atoms with van der Waals surface area (Å²) in [6, 6.07) is 26.9. The molecule has 0 saturated carbocycles. The normalized spacial score (nSPS) is 15.6. The number of hydrogen-bond acceptors (Lipinski definition) is 4. The SMILES string of the molecule is COc1ccc(CN(C(=O)CCc2ccccc2)[C@@H](Cc2ccccc2)C(=O)NC[C@H]2CCCO2)cc1. The molecule has 0 radical (unpaired) electrons. The molecule has 1 saturated heterocycles. The quantitative estimate of drug-likeness (QED) is 0.396. The van der Waals surface area contributed by atoms with Crippen LogP contribution in [0.3, 0.4) is 0 Å². The Kier molecular flexibility index (Phi) is 9.72. The van der Waals surface area contributed by atoms with Crippen molar-refractivity contribution in [3.05, 3.63) is 102 Å². The molecule has 2 amide bonds. The number of amides is 2. The molecule has 0 aromatic heterocycles. The molecular weight excluding hydrogens is 464 g/mol. The van der Waals surface area contributed by atoms with Gasteiger partial charge in [-0.3, -0.25) is 9.59 Å². The molecule has 4 rings (SSSR count). The third-order valence-electron chi connectivity index (χ3n) is 6.78. The number of nitrogens with one attached hydrogen (secondary N) is 1. The fourth-order valence-corrected chi connectivity index (χ4v) is 4.66. The van der Waals surface area contributed by atoms with Gasteiger partial charge in [0.2, 0.25) is 11.8 Å². The molecule has 3 aromatic carbocycles. The van der Waals surface area contributed by atoms with Crippen LogP contribution in [0.1, 0.15) is 36.0 Å². The molecule has 0 spiro atoms. The van der Waals surface area contributed by atoms with E-state index in [9.17, 15) is 9.59 Å². The van der Waals surface area contributed by atoms with Crippen molar-refractivity contribution in [3.8, 4) is 5.75 Å². The fraction of sp³-hybridized carbons (Fsp3) is 0.355. The average Bonchev–Trinajstić information content (AvgIpc) is 3.47. The van der Waals surface area contributed by atoms with E-state index in [0.29, 0.717) is 32.4 Å². The summed E-state index contributed by atoms with van der Waals surface area (Å²) in [6.45, 7) is 1.52. The van der Waals surface area contributed by atoms with Crippen molar-refractivity contribution in [2.75, 3.05) is 20.3 Å². The second-order valence-electron chi connectivity index (χ2n) is 9.44. The zero-order valence-electron chi connectivity index (χ0n) is 21.5. The second-order valence-corrected chi connectivity index (χ2v) is 9.44. The number of ether oxygens (including phenoxy) is 2. The molecule has 0 aliphatic carbocycles. The summed E-state index contributed by atoms with van der Waals surface area (Å²) < 4.78 is 11.0. The van der Waals surface area contributed by atoms with E-state index < -0.39 is 6.04 Å². The van der Waals surface area contributed by atoms with Gasteiger partial charge in [0.25, 0.3) is 0 Å². The maximum Gasteiger partial charge on any atom is 0.243 e. The standard InChI is InChI=1S/C31H36N2O4/c1-36-27-17-14-26(15-18-27)23-33(30(34)19-16-24-9-4-2-5-10-24)29(21-25-11-6-3-7-12-25)31(35)32-22-28-13-8-20-37-28/h2-7,9-12,14-15,17-18,28-29H,8,13,16,19-23H2,1H3,(H,32,35)/t28-,29+/m1/s1. The molecule has 37 heavy (non-hydrogen) atoms. The van der Waals surface area contributed by atoms with Gasteiger partial charge in [0.1, 0.15) is 11.8 Å². The molecular formula is C31H36N2O4. The van der Waals surface area contributed by atoms with Crippen molar-refractivity contribution >= 4 is 11.8 Å². The first-order valence-electron chi connectivity index (χ1n) is 13.0. The third-order valence-corrected chi connectivity index (χ3v) is 6.78. The van der Waals surface area contributed by atoms with E-state index in [0.717, 1.165) is 41.9 Å². The average molecular weight is 501 g/mol. The monoisotopic (exact) mass is 500 g/mol. The van der Waals surface area contributed by atoms with Crippen LogP contribution in [-0.2, 0) is 33.7 Å². The number of rotatable bonds is 12. The third kappa shape index (κ3) is 7.92. The Morgan fingerprint density at radius 2 is 1.62 bits per heavy atom. The van der Waals surface area contributed by atoms with Crippen LogP contribution >= 0.6 is 0 Å². The minimum absolute atomic E-state index is 0.0325. The van der Waals surface area contributed by atoms with Crippen LogP contribution in [0.25, 0.3) is 0 Å². The molecule has 1 aliphatic rings. The van der Waals surface area contributed by atoms with E-state index in [2.05, 4.69) is 5.32 Å². The van der Waals surface area contributed by atoms with Gasteiger partial charge in [0.05, 0.1) is 13.2 Å². The molecule has 1 fully saturated rings. The summed E-state index contributed by atoms with van der Waals surface area (Å²) in [4.78, 5) is 29.1. The van der Waals surface area contributed by atoms with E-state index in [1.165, 1.54) is 0 Å². The molecule has 0 unspecified atom stereocenters. The van der Waals surface area contributed by atoms with E-state index in [1.54, 1.807) is 12.0 Å². The lowest BCUT2D eigenvalue weighted by Crippen LogP contribution is -2.51. The van der Waals surface area contributed by atoms with Gasteiger partial charge in [0.15, 0.2) is 0 Å². The van der Waals surface area contributed by atoms with Gasteiger partial charge in [0, 0.05) is 32.5 Å². The lowest BCUT2D eigenvalue weighted by Gasteiger charge is -2.32. The number of methoxy groups -OCH3 is 1. The molecule has 6 nitrogen and oxygen atoms in total. The van der Waals surface area contributed by atoms with Crippen LogP contribution < -0.4 is 10.1 Å². The van der Waals surface area contributed by atoms with E-state index >= 15 is 0 Å². The van der Waals surface area contributed by atoms with Gasteiger partial charge < -0.3 is 19.7 Å². The number of carbonyl (C=O) groups excluding carboxylic acids is 2. The summed E-state index contributed by atoms with van der Waals surface area (Å²) in [5, 5.41) is 3.08. The Labute approximate surface area is 219 Å². The number of nitrogens with zero attached hydrogens (tertiary/aromatic N) is 1. The Morgan fingerprint density at radius 3 is 2.24 bits per heavy atom. The van der Waals surface area contributed by atoms with Crippen LogP contribution in [0.4, 0.5) is 0 Å². The largest absolute Gasteiger partial charge is 0.497 e. The molecule has 6 heteroatoms. The molecule has 0 bridgehead atoms. The molecule has 2 atom stereocenters. The van der Waals surface area contributed by atoms with Crippen LogP contribution in [0, 0.1) is 0 Å². The maximum atomic E-state index is 13.7. The molecule has 1 N–H and O–H groups in total. The van der Waals surface area contributed by atoms with Crippen molar-refractivity contribution in [3.63, 3.8) is 0 Å². The molecule has 3 aromatic rings. The van der Waals surface area contributed by atoms with E-state index in [-0.39, 0.29) is 17.9 Å². The summed E-state index contributed by atoms with van der Waals surface area (Å²) in [6.07, 6.45) is 3.36. The smallest absolute Gasteiger partial charge is 0.243 e. The maximum absolute atomic E-state index is 13.7. The van der Waals surface area contributed by atoms with Crippen LogP contribution in [0.2, 0.25) is 0 Å². The Bertz CT molecular complexity index is 1110. The first-order chi connectivity index (χ1) is 18.1. The minimum atomic E-state index is -0.644. The summed E-state index contributed by atoms with van der Waals surface area (Å²) in [7, 11) is 1.63. The zero-order chi connectivity index (χ0) is 25.9.